The number of aryl methyl sites for hydroxylation is 1. The van der Waals surface area contributed by atoms with Crippen LogP contribution >= 0.6 is 0 Å². The molecule has 5 nitrogen and oxygen atoms in total. The van der Waals surface area contributed by atoms with Gasteiger partial charge in [-0.2, -0.15) is 0 Å². The van der Waals surface area contributed by atoms with Crippen LogP contribution in [-0.4, -0.2) is 18.0 Å². The molecular weight excluding hydrogens is 194 g/mol. The van der Waals surface area contributed by atoms with E-state index in [1.165, 1.54) is 6.07 Å². The van der Waals surface area contributed by atoms with Gasteiger partial charge >= 0.3 is 0 Å². The van der Waals surface area contributed by atoms with Crippen molar-refractivity contribution < 1.29 is 4.92 Å². The van der Waals surface area contributed by atoms with Gasteiger partial charge < -0.3 is 11.1 Å². The van der Waals surface area contributed by atoms with Crippen LogP contribution in [0.1, 0.15) is 12.5 Å². The number of hydrogen-bond donors (Lipinski definition) is 2. The van der Waals surface area contributed by atoms with E-state index in [9.17, 15) is 10.1 Å². The molecule has 5 heteroatoms. The van der Waals surface area contributed by atoms with Gasteiger partial charge in [0, 0.05) is 19.2 Å². The molecular formula is C10H15N3O2. The monoisotopic (exact) mass is 209 g/mol. The molecule has 0 aromatic heterocycles. The molecule has 0 fully saturated rings. The minimum absolute atomic E-state index is 0.0978. The lowest BCUT2D eigenvalue weighted by Crippen LogP contribution is -2.14. The van der Waals surface area contributed by atoms with Crippen molar-refractivity contribution in [3.8, 4) is 0 Å². The number of nitrogens with two attached hydrogens (primary N) is 1. The van der Waals surface area contributed by atoms with Crippen molar-refractivity contribution in [3.05, 3.63) is 33.9 Å². The maximum absolute atomic E-state index is 10.7. The second kappa shape index (κ2) is 5.31. The molecule has 0 heterocycles. The molecule has 0 aliphatic heterocycles. The third-order valence-corrected chi connectivity index (χ3v) is 2.13. The first kappa shape index (κ1) is 11.5. The van der Waals surface area contributed by atoms with Gasteiger partial charge in [-0.15, -0.1) is 0 Å². The van der Waals surface area contributed by atoms with Crippen LogP contribution in [0.5, 0.6) is 0 Å². The zero-order chi connectivity index (χ0) is 11.3. The van der Waals surface area contributed by atoms with Gasteiger partial charge in [-0.05, 0) is 18.1 Å². The predicted molar refractivity (Wildman–Crippen MR) is 60.0 cm³/mol. The van der Waals surface area contributed by atoms with Crippen LogP contribution in [0.3, 0.4) is 0 Å². The van der Waals surface area contributed by atoms with E-state index in [1.54, 1.807) is 12.1 Å². The van der Waals surface area contributed by atoms with E-state index in [4.69, 9.17) is 5.73 Å². The van der Waals surface area contributed by atoms with E-state index < -0.39 is 4.92 Å². The zero-order valence-electron chi connectivity index (χ0n) is 8.69. The lowest BCUT2D eigenvalue weighted by molar-refractivity contribution is -0.384. The van der Waals surface area contributed by atoms with Gasteiger partial charge in [-0.1, -0.05) is 13.0 Å². The smallest absolute Gasteiger partial charge is 0.292 e. The molecule has 0 saturated heterocycles. The van der Waals surface area contributed by atoms with Crippen molar-refractivity contribution in [1.82, 2.24) is 0 Å². The summed E-state index contributed by atoms with van der Waals surface area (Å²) in [6.45, 7) is 3.00. The van der Waals surface area contributed by atoms with Crippen molar-refractivity contribution in [2.24, 2.45) is 5.73 Å². The highest BCUT2D eigenvalue weighted by atomic mass is 16.6. The molecule has 0 aliphatic rings. The summed E-state index contributed by atoms with van der Waals surface area (Å²) < 4.78 is 0. The van der Waals surface area contributed by atoms with Crippen molar-refractivity contribution in [1.29, 1.82) is 0 Å². The highest BCUT2D eigenvalue weighted by Gasteiger charge is 2.12. The number of nitro benzene ring substituents is 1. The van der Waals surface area contributed by atoms with E-state index in [0.717, 1.165) is 12.0 Å². The average Bonchev–Trinajstić information content (AvgIpc) is 2.25. The maximum atomic E-state index is 10.7. The molecule has 0 radical (unpaired) electrons. The van der Waals surface area contributed by atoms with Gasteiger partial charge in [0.05, 0.1) is 4.92 Å². The fourth-order valence-electron chi connectivity index (χ4n) is 1.31. The molecule has 0 aliphatic carbocycles. The molecule has 1 rings (SSSR count). The topological polar surface area (TPSA) is 81.2 Å². The van der Waals surface area contributed by atoms with E-state index in [2.05, 4.69) is 5.32 Å². The first-order valence-corrected chi connectivity index (χ1v) is 4.90. The Hall–Kier alpha value is -1.62. The number of nitrogens with zero attached hydrogens (tertiary/aromatic N) is 1. The number of hydrogen-bond acceptors (Lipinski definition) is 4. The summed E-state index contributed by atoms with van der Waals surface area (Å²) in [5, 5.41) is 13.7. The number of rotatable bonds is 5. The van der Waals surface area contributed by atoms with Gasteiger partial charge in [-0.25, -0.2) is 0 Å². The molecule has 0 spiro atoms. The maximum Gasteiger partial charge on any atom is 0.292 e. The highest BCUT2D eigenvalue weighted by molar-refractivity contribution is 5.62. The minimum atomic E-state index is -0.391. The van der Waals surface area contributed by atoms with Gasteiger partial charge in [0.1, 0.15) is 5.69 Å². The molecule has 0 amide bonds. The van der Waals surface area contributed by atoms with Crippen LogP contribution in [-0.2, 0) is 6.42 Å². The molecule has 0 saturated carbocycles. The van der Waals surface area contributed by atoms with Crippen LogP contribution in [0.2, 0.25) is 0 Å². The lowest BCUT2D eigenvalue weighted by atomic mass is 10.1. The quantitative estimate of drug-likeness (QED) is 0.569. The van der Waals surface area contributed by atoms with Crippen molar-refractivity contribution >= 4 is 11.4 Å². The second-order valence-corrected chi connectivity index (χ2v) is 3.18. The highest BCUT2D eigenvalue weighted by Crippen LogP contribution is 2.25. The molecule has 0 unspecified atom stereocenters. The number of nitro groups is 1. The summed E-state index contributed by atoms with van der Waals surface area (Å²) in [5.74, 6) is 0. The van der Waals surface area contributed by atoms with Crippen molar-refractivity contribution in [2.75, 3.05) is 18.4 Å². The Morgan fingerprint density at radius 3 is 2.80 bits per heavy atom. The first-order valence-electron chi connectivity index (χ1n) is 4.90. The molecule has 82 valence electrons. The summed E-state index contributed by atoms with van der Waals surface area (Å²) in [5.41, 5.74) is 7.05. The molecule has 15 heavy (non-hydrogen) atoms. The lowest BCUT2D eigenvalue weighted by Gasteiger charge is -2.07. The van der Waals surface area contributed by atoms with E-state index in [0.29, 0.717) is 18.8 Å². The van der Waals surface area contributed by atoms with Gasteiger partial charge in [-0.3, -0.25) is 10.1 Å². The standard InChI is InChI=1S/C10H15N3O2/c1-2-8-3-4-10(13(14)15)9(7-8)12-6-5-11/h3-4,7,12H,2,5-6,11H2,1H3. The van der Waals surface area contributed by atoms with Gasteiger partial charge in [0.25, 0.3) is 5.69 Å². The van der Waals surface area contributed by atoms with Crippen LogP contribution in [0.4, 0.5) is 11.4 Å². The fourth-order valence-corrected chi connectivity index (χ4v) is 1.31. The van der Waals surface area contributed by atoms with Crippen LogP contribution < -0.4 is 11.1 Å². The first-order chi connectivity index (χ1) is 7.19. The Labute approximate surface area is 88.4 Å². The van der Waals surface area contributed by atoms with E-state index in [1.807, 2.05) is 6.92 Å². The number of nitrogens with one attached hydrogen (secondary N) is 1. The van der Waals surface area contributed by atoms with E-state index >= 15 is 0 Å². The van der Waals surface area contributed by atoms with Crippen molar-refractivity contribution in [2.45, 2.75) is 13.3 Å². The molecule has 0 atom stereocenters. The molecule has 1 aromatic rings. The summed E-state index contributed by atoms with van der Waals surface area (Å²) in [7, 11) is 0. The largest absolute Gasteiger partial charge is 0.378 e. The Morgan fingerprint density at radius 2 is 2.27 bits per heavy atom. The number of anilines is 1. The molecule has 3 N–H and O–H groups in total. The summed E-state index contributed by atoms with van der Waals surface area (Å²) in [6.07, 6.45) is 0.856. The van der Waals surface area contributed by atoms with Crippen molar-refractivity contribution in [3.63, 3.8) is 0 Å². The molecule has 1 aromatic carbocycles. The average molecular weight is 209 g/mol. The third kappa shape index (κ3) is 2.92. The third-order valence-electron chi connectivity index (χ3n) is 2.13. The Balaban J connectivity index is 2.99. The second-order valence-electron chi connectivity index (χ2n) is 3.18. The van der Waals surface area contributed by atoms with Crippen LogP contribution in [0, 0.1) is 10.1 Å². The zero-order valence-corrected chi connectivity index (χ0v) is 8.69. The number of benzene rings is 1. The Morgan fingerprint density at radius 1 is 1.53 bits per heavy atom. The van der Waals surface area contributed by atoms with Crippen LogP contribution in [0.25, 0.3) is 0 Å². The molecule has 0 bridgehead atoms. The Kier molecular flexibility index (Phi) is 4.05. The van der Waals surface area contributed by atoms with Gasteiger partial charge in [0.15, 0.2) is 0 Å². The summed E-state index contributed by atoms with van der Waals surface area (Å²) >= 11 is 0. The predicted octanol–water partition coefficient (Wildman–Crippen LogP) is 1.53. The fraction of sp³-hybridized carbons (Fsp3) is 0.400. The summed E-state index contributed by atoms with van der Waals surface area (Å²) in [4.78, 5) is 10.3. The normalized spacial score (nSPS) is 10.0. The Bertz CT molecular complexity index is 353. The van der Waals surface area contributed by atoms with E-state index in [-0.39, 0.29) is 5.69 Å². The summed E-state index contributed by atoms with van der Waals surface area (Å²) in [6, 6.07) is 5.09. The van der Waals surface area contributed by atoms with Crippen LogP contribution in [0.15, 0.2) is 18.2 Å². The SMILES string of the molecule is CCc1ccc([N+](=O)[O-])c(NCCN)c1. The minimum Gasteiger partial charge on any atom is -0.378 e. The van der Waals surface area contributed by atoms with Gasteiger partial charge in [0.2, 0.25) is 0 Å².